The number of nitrogens with two attached hydrogens (primary N) is 1. The summed E-state index contributed by atoms with van der Waals surface area (Å²) >= 11 is 3.40. The van der Waals surface area contributed by atoms with Crippen LogP contribution in [0.1, 0.15) is 30.0 Å². The van der Waals surface area contributed by atoms with Gasteiger partial charge in [-0.3, -0.25) is 4.79 Å². The molecule has 27 heavy (non-hydrogen) atoms. The van der Waals surface area contributed by atoms with Crippen LogP contribution in [0.4, 0.5) is 4.79 Å². The predicted molar refractivity (Wildman–Crippen MR) is 104 cm³/mol. The molecule has 6 nitrogen and oxygen atoms in total. The Bertz CT molecular complexity index is 877. The summed E-state index contributed by atoms with van der Waals surface area (Å²) in [6.07, 6.45) is 0.608. The molecule has 2 aromatic carbocycles. The predicted octanol–water partition coefficient (Wildman–Crippen LogP) is 4.27. The molecule has 7 heteroatoms. The van der Waals surface area contributed by atoms with Crippen molar-refractivity contribution in [2.75, 3.05) is 0 Å². The number of carbonyl (C=O) groups is 2. The van der Waals surface area contributed by atoms with Gasteiger partial charge in [0.1, 0.15) is 11.5 Å². The first kappa shape index (κ1) is 20.5. The molecule has 1 atom stereocenters. The summed E-state index contributed by atoms with van der Waals surface area (Å²) < 4.78 is 11.4. The Labute approximate surface area is 166 Å². The molecule has 0 saturated heterocycles. The molecule has 1 unspecified atom stereocenters. The Morgan fingerprint density at radius 3 is 2.67 bits per heavy atom. The molecule has 2 N–H and O–H groups in total. The summed E-state index contributed by atoms with van der Waals surface area (Å²) in [5.74, 6) is 1.22. The third kappa shape index (κ3) is 5.83. The van der Waals surface area contributed by atoms with Crippen LogP contribution in [0.5, 0.6) is 11.5 Å². The van der Waals surface area contributed by atoms with Gasteiger partial charge in [-0.05, 0) is 63.8 Å². The molecule has 0 aliphatic rings. The molecule has 0 aliphatic carbocycles. The molecule has 0 heterocycles. The van der Waals surface area contributed by atoms with Crippen LogP contribution in [0.2, 0.25) is 0 Å². The first-order valence-electron chi connectivity index (χ1n) is 8.37. The number of hydrogen-bond acceptors (Lipinski definition) is 5. The Hall–Kier alpha value is -2.85. The number of aldehydes is 1. The quantitative estimate of drug-likeness (QED) is 0.629. The van der Waals surface area contributed by atoms with E-state index in [4.69, 9.17) is 20.5 Å². The molecule has 0 fully saturated rings. The number of rotatable bonds is 8. The molecule has 0 bridgehead atoms. The minimum absolute atomic E-state index is 0.253. The molecule has 2 rings (SSSR count). The highest BCUT2D eigenvalue weighted by Crippen LogP contribution is 2.32. The van der Waals surface area contributed by atoms with E-state index in [0.29, 0.717) is 27.8 Å². The van der Waals surface area contributed by atoms with E-state index >= 15 is 0 Å². The van der Waals surface area contributed by atoms with E-state index in [1.54, 1.807) is 24.3 Å². The van der Waals surface area contributed by atoms with Gasteiger partial charge >= 0.3 is 6.09 Å². The molecule has 0 aromatic heterocycles. The van der Waals surface area contributed by atoms with Gasteiger partial charge in [0.15, 0.2) is 12.4 Å². The zero-order valence-electron chi connectivity index (χ0n) is 14.8. The van der Waals surface area contributed by atoms with Gasteiger partial charge in [-0.1, -0.05) is 19.4 Å². The Morgan fingerprint density at radius 1 is 1.30 bits per heavy atom. The minimum Gasteiger partial charge on any atom is -0.456 e. The van der Waals surface area contributed by atoms with Crippen LogP contribution in [-0.4, -0.2) is 18.5 Å². The second kappa shape index (κ2) is 9.74. The number of carbonyl (C=O) groups excluding carboxylic acids is 2. The first-order chi connectivity index (χ1) is 13.0. The van der Waals surface area contributed by atoms with Crippen LogP contribution < -0.4 is 10.5 Å². The third-order valence-corrected chi connectivity index (χ3v) is 4.45. The van der Waals surface area contributed by atoms with E-state index in [-0.39, 0.29) is 6.42 Å². The second-order valence-electron chi connectivity index (χ2n) is 5.86. The fourth-order valence-corrected chi connectivity index (χ4v) is 3.09. The lowest BCUT2D eigenvalue weighted by Crippen LogP contribution is -2.26. The van der Waals surface area contributed by atoms with Crippen LogP contribution in [0.3, 0.4) is 0 Å². The monoisotopic (exact) mass is 430 g/mol. The van der Waals surface area contributed by atoms with Crippen molar-refractivity contribution in [1.29, 1.82) is 5.26 Å². The van der Waals surface area contributed by atoms with Crippen molar-refractivity contribution < 1.29 is 19.1 Å². The van der Waals surface area contributed by atoms with Crippen LogP contribution in [0, 0.1) is 11.3 Å². The van der Waals surface area contributed by atoms with Gasteiger partial charge in [0.05, 0.1) is 16.1 Å². The number of nitriles is 1. The van der Waals surface area contributed by atoms with Crippen molar-refractivity contribution in [1.82, 2.24) is 0 Å². The van der Waals surface area contributed by atoms with Crippen molar-refractivity contribution in [3.8, 4) is 17.6 Å². The van der Waals surface area contributed by atoms with Crippen LogP contribution in [0.25, 0.3) is 0 Å². The standard InChI is InChI=1S/C20H19BrN2O4/c1-2-3-14-9-16(26-19-7-4-13(11-22)8-18(19)21)6-5-15(14)10-17(12-24)27-20(23)25/h4-9,12,17H,2-3,10H2,1H3,(H2,23,25). The van der Waals surface area contributed by atoms with Crippen molar-refractivity contribution in [3.05, 3.63) is 57.6 Å². The summed E-state index contributed by atoms with van der Waals surface area (Å²) in [5, 5.41) is 8.94. The molecule has 0 saturated carbocycles. The largest absolute Gasteiger partial charge is 0.456 e. The maximum Gasteiger partial charge on any atom is 0.405 e. The summed E-state index contributed by atoms with van der Waals surface area (Å²) in [7, 11) is 0. The number of halogens is 1. The normalized spacial score (nSPS) is 11.3. The Balaban J connectivity index is 2.25. The number of primary amides is 1. The van der Waals surface area contributed by atoms with E-state index in [2.05, 4.69) is 22.0 Å². The maximum absolute atomic E-state index is 11.1. The molecule has 0 radical (unpaired) electrons. The van der Waals surface area contributed by atoms with Gasteiger partial charge in [-0.2, -0.15) is 5.26 Å². The smallest absolute Gasteiger partial charge is 0.405 e. The SMILES string of the molecule is CCCc1cc(Oc2ccc(C#N)cc2Br)ccc1CC(C=O)OC(N)=O. The highest BCUT2D eigenvalue weighted by atomic mass is 79.9. The number of hydrogen-bond donors (Lipinski definition) is 1. The zero-order chi connectivity index (χ0) is 19.8. The van der Waals surface area contributed by atoms with Crippen LogP contribution in [0.15, 0.2) is 40.9 Å². The Kier molecular flexibility index (Phi) is 7.38. The van der Waals surface area contributed by atoms with Gasteiger partial charge in [-0.25, -0.2) is 4.79 Å². The molecule has 2 aromatic rings. The average Bonchev–Trinajstić information content (AvgIpc) is 2.64. The lowest BCUT2D eigenvalue weighted by atomic mass is 9.98. The van der Waals surface area contributed by atoms with E-state index < -0.39 is 12.2 Å². The van der Waals surface area contributed by atoms with E-state index in [0.717, 1.165) is 24.0 Å². The van der Waals surface area contributed by atoms with Crippen molar-refractivity contribution in [2.24, 2.45) is 5.73 Å². The Morgan fingerprint density at radius 2 is 2.07 bits per heavy atom. The number of ether oxygens (including phenoxy) is 2. The molecule has 0 spiro atoms. The average molecular weight is 431 g/mol. The lowest BCUT2D eigenvalue weighted by molar-refractivity contribution is -0.114. The van der Waals surface area contributed by atoms with Crippen molar-refractivity contribution >= 4 is 28.3 Å². The zero-order valence-corrected chi connectivity index (χ0v) is 16.4. The van der Waals surface area contributed by atoms with Crippen molar-refractivity contribution in [3.63, 3.8) is 0 Å². The van der Waals surface area contributed by atoms with Gasteiger partial charge < -0.3 is 15.2 Å². The number of amides is 1. The summed E-state index contributed by atoms with van der Waals surface area (Å²) in [6.45, 7) is 2.05. The van der Waals surface area contributed by atoms with Gasteiger partial charge in [0.2, 0.25) is 0 Å². The summed E-state index contributed by atoms with van der Waals surface area (Å²) in [4.78, 5) is 22.0. The maximum atomic E-state index is 11.1. The van der Waals surface area contributed by atoms with Gasteiger partial charge in [0, 0.05) is 6.42 Å². The molecule has 140 valence electrons. The summed E-state index contributed by atoms with van der Waals surface area (Å²) in [5.41, 5.74) is 7.42. The highest BCUT2D eigenvalue weighted by molar-refractivity contribution is 9.10. The lowest BCUT2D eigenvalue weighted by Gasteiger charge is -2.15. The number of aryl methyl sites for hydroxylation is 1. The summed E-state index contributed by atoms with van der Waals surface area (Å²) in [6, 6.07) is 12.7. The topological polar surface area (TPSA) is 102 Å². The van der Waals surface area contributed by atoms with Gasteiger partial charge in [-0.15, -0.1) is 0 Å². The molecule has 1 amide bonds. The molecule has 0 aliphatic heterocycles. The second-order valence-corrected chi connectivity index (χ2v) is 6.71. The van der Waals surface area contributed by atoms with Crippen molar-refractivity contribution in [2.45, 2.75) is 32.3 Å². The number of benzene rings is 2. The van der Waals surface area contributed by atoms with Gasteiger partial charge in [0.25, 0.3) is 0 Å². The highest BCUT2D eigenvalue weighted by Gasteiger charge is 2.15. The van der Waals surface area contributed by atoms with Crippen LogP contribution in [-0.2, 0) is 22.4 Å². The van der Waals surface area contributed by atoms with E-state index in [1.807, 2.05) is 19.1 Å². The third-order valence-electron chi connectivity index (χ3n) is 3.83. The molecular formula is C20H19BrN2O4. The molecular weight excluding hydrogens is 412 g/mol. The minimum atomic E-state index is -0.977. The van der Waals surface area contributed by atoms with E-state index in [1.165, 1.54) is 0 Å². The fraction of sp³-hybridized carbons (Fsp3) is 0.250. The fourth-order valence-electron chi connectivity index (χ4n) is 2.63. The van der Waals surface area contributed by atoms with Crippen LogP contribution >= 0.6 is 15.9 Å². The number of nitrogens with zero attached hydrogens (tertiary/aromatic N) is 1. The first-order valence-corrected chi connectivity index (χ1v) is 9.16. The van der Waals surface area contributed by atoms with E-state index in [9.17, 15) is 9.59 Å².